The molecule has 1 unspecified atom stereocenters. The number of hydrogen-bond donors (Lipinski definition) is 1. The molecule has 1 N–H and O–H groups in total. The lowest BCUT2D eigenvalue weighted by Crippen LogP contribution is -2.41. The molecule has 0 aromatic carbocycles. The second-order valence-corrected chi connectivity index (χ2v) is 4.88. The Labute approximate surface area is 102 Å². The first-order chi connectivity index (χ1) is 8.08. The van der Waals surface area contributed by atoms with E-state index in [0.29, 0.717) is 12.6 Å². The number of nitrogens with one attached hydrogen (secondary N) is 1. The molecule has 0 bridgehead atoms. The Balaban J connectivity index is 1.96. The molecule has 0 radical (unpaired) electrons. The average Bonchev–Trinajstić information content (AvgIpc) is 2.79. The molecule has 5 heteroatoms. The van der Waals surface area contributed by atoms with Crippen LogP contribution in [0.3, 0.4) is 0 Å². The second-order valence-electron chi connectivity index (χ2n) is 4.88. The molecule has 1 amide bonds. The molecule has 2 heterocycles. The van der Waals surface area contributed by atoms with Crippen molar-refractivity contribution in [2.75, 3.05) is 6.54 Å². The van der Waals surface area contributed by atoms with Crippen molar-refractivity contribution in [3.63, 3.8) is 0 Å². The predicted molar refractivity (Wildman–Crippen MR) is 65.3 cm³/mol. The summed E-state index contributed by atoms with van der Waals surface area (Å²) in [7, 11) is 1.95. The van der Waals surface area contributed by atoms with Crippen LogP contribution < -0.4 is 5.32 Å². The van der Waals surface area contributed by atoms with E-state index >= 15 is 0 Å². The van der Waals surface area contributed by atoms with Crippen LogP contribution in [0.1, 0.15) is 26.1 Å². The van der Waals surface area contributed by atoms with Crippen LogP contribution in [0.4, 0.5) is 0 Å². The molecule has 1 fully saturated rings. The number of imidazole rings is 1. The van der Waals surface area contributed by atoms with Gasteiger partial charge in [-0.3, -0.25) is 4.79 Å². The summed E-state index contributed by atoms with van der Waals surface area (Å²) in [6.07, 6.45) is 4.56. The van der Waals surface area contributed by atoms with E-state index in [-0.39, 0.29) is 11.9 Å². The first kappa shape index (κ1) is 12.1. The Bertz CT molecular complexity index is 399. The highest BCUT2D eigenvalue weighted by molar-refractivity contribution is 5.83. The smallest absolute Gasteiger partial charge is 0.240 e. The summed E-state index contributed by atoms with van der Waals surface area (Å²) >= 11 is 0. The molecule has 1 aliphatic rings. The summed E-state index contributed by atoms with van der Waals surface area (Å²) in [6.45, 7) is 5.55. The van der Waals surface area contributed by atoms with Crippen molar-refractivity contribution in [3.05, 3.63) is 18.2 Å². The Morgan fingerprint density at radius 2 is 2.35 bits per heavy atom. The molecule has 1 atom stereocenters. The molecule has 1 saturated heterocycles. The van der Waals surface area contributed by atoms with Crippen LogP contribution in [0.2, 0.25) is 0 Å². The van der Waals surface area contributed by atoms with Crippen LogP contribution in [0.5, 0.6) is 0 Å². The standard InChI is InChI=1S/C12H20N4O/c1-9(2)14-10-4-6-16(12(10)17)8-11-13-5-7-15(11)3/h5,7,9-10,14H,4,6,8H2,1-3H3. The highest BCUT2D eigenvalue weighted by Gasteiger charge is 2.32. The number of rotatable bonds is 4. The van der Waals surface area contributed by atoms with E-state index in [1.54, 1.807) is 6.20 Å². The maximum atomic E-state index is 12.1. The summed E-state index contributed by atoms with van der Waals surface area (Å²) in [6, 6.07) is 0.326. The van der Waals surface area contributed by atoms with Gasteiger partial charge in [-0.05, 0) is 6.42 Å². The van der Waals surface area contributed by atoms with Gasteiger partial charge in [-0.25, -0.2) is 4.98 Å². The minimum Gasteiger partial charge on any atom is -0.337 e. The normalized spacial score (nSPS) is 20.6. The SMILES string of the molecule is CC(C)NC1CCN(Cc2nccn2C)C1=O. The summed E-state index contributed by atoms with van der Waals surface area (Å²) in [5, 5.41) is 3.30. The largest absolute Gasteiger partial charge is 0.337 e. The topological polar surface area (TPSA) is 50.2 Å². The minimum absolute atomic E-state index is 0.0183. The van der Waals surface area contributed by atoms with Gasteiger partial charge in [0.05, 0.1) is 12.6 Å². The summed E-state index contributed by atoms with van der Waals surface area (Å²) in [4.78, 5) is 18.2. The fourth-order valence-electron chi connectivity index (χ4n) is 2.17. The third-order valence-corrected chi connectivity index (χ3v) is 3.09. The Morgan fingerprint density at radius 1 is 1.59 bits per heavy atom. The quantitative estimate of drug-likeness (QED) is 0.829. The average molecular weight is 236 g/mol. The lowest BCUT2D eigenvalue weighted by atomic mass is 10.2. The molecule has 1 aromatic rings. The van der Waals surface area contributed by atoms with Gasteiger partial charge < -0.3 is 14.8 Å². The maximum absolute atomic E-state index is 12.1. The zero-order chi connectivity index (χ0) is 12.4. The van der Waals surface area contributed by atoms with E-state index in [1.807, 2.05) is 22.7 Å². The van der Waals surface area contributed by atoms with E-state index in [0.717, 1.165) is 18.8 Å². The van der Waals surface area contributed by atoms with Crippen LogP contribution in [-0.4, -0.2) is 39.0 Å². The molecular formula is C12H20N4O. The molecular weight excluding hydrogens is 216 g/mol. The minimum atomic E-state index is -0.0183. The lowest BCUT2D eigenvalue weighted by Gasteiger charge is -2.18. The van der Waals surface area contributed by atoms with Crippen molar-refractivity contribution in [1.29, 1.82) is 0 Å². The number of hydrogen-bond acceptors (Lipinski definition) is 3. The van der Waals surface area contributed by atoms with E-state index in [9.17, 15) is 4.79 Å². The number of carbonyl (C=O) groups is 1. The first-order valence-electron chi connectivity index (χ1n) is 6.09. The Morgan fingerprint density at radius 3 is 2.94 bits per heavy atom. The van der Waals surface area contributed by atoms with Crippen LogP contribution in [0, 0.1) is 0 Å². The van der Waals surface area contributed by atoms with Crippen molar-refractivity contribution in [1.82, 2.24) is 19.8 Å². The van der Waals surface area contributed by atoms with E-state index in [2.05, 4.69) is 24.1 Å². The van der Waals surface area contributed by atoms with Gasteiger partial charge in [0, 0.05) is 32.0 Å². The number of nitrogens with zero attached hydrogens (tertiary/aromatic N) is 3. The van der Waals surface area contributed by atoms with Gasteiger partial charge in [0.1, 0.15) is 5.82 Å². The highest BCUT2D eigenvalue weighted by Crippen LogP contribution is 2.14. The number of aryl methyl sites for hydroxylation is 1. The number of aromatic nitrogens is 2. The van der Waals surface area contributed by atoms with Crippen molar-refractivity contribution >= 4 is 5.91 Å². The van der Waals surface area contributed by atoms with Gasteiger partial charge in [-0.1, -0.05) is 13.8 Å². The molecule has 5 nitrogen and oxygen atoms in total. The molecule has 17 heavy (non-hydrogen) atoms. The zero-order valence-electron chi connectivity index (χ0n) is 10.7. The monoisotopic (exact) mass is 236 g/mol. The molecule has 0 saturated carbocycles. The maximum Gasteiger partial charge on any atom is 0.240 e. The zero-order valence-corrected chi connectivity index (χ0v) is 10.7. The van der Waals surface area contributed by atoms with Crippen molar-refractivity contribution < 1.29 is 4.79 Å². The molecule has 0 spiro atoms. The van der Waals surface area contributed by atoms with Crippen LogP contribution in [-0.2, 0) is 18.4 Å². The molecule has 0 aliphatic carbocycles. The van der Waals surface area contributed by atoms with Gasteiger partial charge >= 0.3 is 0 Å². The van der Waals surface area contributed by atoms with Gasteiger partial charge in [0.25, 0.3) is 0 Å². The molecule has 1 aromatic heterocycles. The second kappa shape index (κ2) is 4.87. The highest BCUT2D eigenvalue weighted by atomic mass is 16.2. The van der Waals surface area contributed by atoms with Gasteiger partial charge in [0.15, 0.2) is 0 Å². The molecule has 94 valence electrons. The van der Waals surface area contributed by atoms with Crippen LogP contribution >= 0.6 is 0 Å². The fourth-order valence-corrected chi connectivity index (χ4v) is 2.17. The van der Waals surface area contributed by atoms with Crippen LogP contribution in [0.15, 0.2) is 12.4 Å². The van der Waals surface area contributed by atoms with Crippen LogP contribution in [0.25, 0.3) is 0 Å². The summed E-state index contributed by atoms with van der Waals surface area (Å²) in [5.41, 5.74) is 0. The first-order valence-corrected chi connectivity index (χ1v) is 6.09. The fraction of sp³-hybridized carbons (Fsp3) is 0.667. The summed E-state index contributed by atoms with van der Waals surface area (Å²) in [5.74, 6) is 1.13. The molecule has 2 rings (SSSR count). The van der Waals surface area contributed by atoms with Gasteiger partial charge in [-0.15, -0.1) is 0 Å². The third kappa shape index (κ3) is 2.66. The van der Waals surface area contributed by atoms with Gasteiger partial charge in [-0.2, -0.15) is 0 Å². The van der Waals surface area contributed by atoms with Crippen molar-refractivity contribution in [3.8, 4) is 0 Å². The van der Waals surface area contributed by atoms with E-state index < -0.39 is 0 Å². The van der Waals surface area contributed by atoms with E-state index in [1.165, 1.54) is 0 Å². The predicted octanol–water partition coefficient (Wildman–Crippen LogP) is 0.519. The third-order valence-electron chi connectivity index (χ3n) is 3.09. The summed E-state index contributed by atoms with van der Waals surface area (Å²) < 4.78 is 1.95. The Kier molecular flexibility index (Phi) is 3.47. The van der Waals surface area contributed by atoms with Gasteiger partial charge in [0.2, 0.25) is 5.91 Å². The lowest BCUT2D eigenvalue weighted by molar-refractivity contribution is -0.130. The number of likely N-dealkylation sites (tertiary alicyclic amines) is 1. The number of amides is 1. The van der Waals surface area contributed by atoms with Crippen molar-refractivity contribution in [2.24, 2.45) is 7.05 Å². The van der Waals surface area contributed by atoms with E-state index in [4.69, 9.17) is 0 Å². The molecule has 1 aliphatic heterocycles. The number of carbonyl (C=O) groups excluding carboxylic acids is 1. The van der Waals surface area contributed by atoms with Crippen molar-refractivity contribution in [2.45, 2.75) is 38.9 Å². The Hall–Kier alpha value is -1.36.